The van der Waals surface area contributed by atoms with E-state index in [1.54, 1.807) is 7.05 Å². The first-order valence-electron chi connectivity index (χ1n) is 5.83. The second kappa shape index (κ2) is 7.62. The minimum absolute atomic E-state index is 0.0603. The van der Waals surface area contributed by atoms with Crippen molar-refractivity contribution in [2.24, 2.45) is 0 Å². The Balaban J connectivity index is 2.70. The number of alkyl halides is 2. The van der Waals surface area contributed by atoms with Crippen molar-refractivity contribution in [3.05, 3.63) is 0 Å². The second-order valence-electron chi connectivity index (χ2n) is 3.65. The zero-order valence-electron chi connectivity index (χ0n) is 10.7. The van der Waals surface area contributed by atoms with Crippen molar-refractivity contribution in [2.75, 3.05) is 30.8 Å². The maximum atomic E-state index is 12.1. The topological polar surface area (TPSA) is 92.2 Å². The van der Waals surface area contributed by atoms with Gasteiger partial charge in [-0.05, 0) is 6.42 Å². The van der Waals surface area contributed by atoms with Gasteiger partial charge in [0.05, 0.1) is 6.61 Å². The molecule has 19 heavy (non-hydrogen) atoms. The van der Waals surface area contributed by atoms with Gasteiger partial charge in [0.15, 0.2) is 0 Å². The van der Waals surface area contributed by atoms with Crippen LogP contribution in [0, 0.1) is 0 Å². The Kier molecular flexibility index (Phi) is 6.13. The van der Waals surface area contributed by atoms with Gasteiger partial charge < -0.3 is 20.5 Å². The van der Waals surface area contributed by atoms with E-state index in [4.69, 9.17) is 9.84 Å². The molecule has 1 rings (SSSR count). The Labute approximate surface area is 109 Å². The molecule has 1 heterocycles. The summed E-state index contributed by atoms with van der Waals surface area (Å²) in [5, 5.41) is 14.2. The molecule has 0 aliphatic carbocycles. The van der Waals surface area contributed by atoms with Crippen LogP contribution in [0.15, 0.2) is 0 Å². The minimum Gasteiger partial charge on any atom is -0.463 e. The van der Waals surface area contributed by atoms with Crippen molar-refractivity contribution in [1.82, 2.24) is 15.0 Å². The van der Waals surface area contributed by atoms with Gasteiger partial charge in [-0.3, -0.25) is 0 Å². The van der Waals surface area contributed by atoms with Crippen LogP contribution in [0.5, 0.6) is 6.01 Å². The van der Waals surface area contributed by atoms with Crippen molar-refractivity contribution >= 4 is 11.9 Å². The molecule has 1 unspecified atom stereocenters. The quantitative estimate of drug-likeness (QED) is 0.645. The Morgan fingerprint density at radius 3 is 2.53 bits per heavy atom. The summed E-state index contributed by atoms with van der Waals surface area (Å²) in [4.78, 5) is 11.8. The van der Waals surface area contributed by atoms with Crippen LogP contribution in [0.3, 0.4) is 0 Å². The van der Waals surface area contributed by atoms with Crippen LogP contribution >= 0.6 is 0 Å². The predicted molar refractivity (Wildman–Crippen MR) is 65.7 cm³/mol. The van der Waals surface area contributed by atoms with Gasteiger partial charge in [-0.25, -0.2) is 8.78 Å². The molecule has 0 aromatic carbocycles. The Morgan fingerprint density at radius 1 is 1.26 bits per heavy atom. The number of hydrogen-bond donors (Lipinski definition) is 3. The third-order valence-electron chi connectivity index (χ3n) is 2.03. The lowest BCUT2D eigenvalue weighted by molar-refractivity contribution is 0.00376. The standard InChI is InChI=1S/C10H17F2N5O2/c1-3-4-19-10-16-8(13-2)15-9(17-10)14-5-6(18)7(11)12/h6-7,18H,3-5H2,1-2H3,(H2,13,14,15,16,17). The van der Waals surface area contributed by atoms with Crippen molar-refractivity contribution < 1.29 is 18.6 Å². The van der Waals surface area contributed by atoms with Crippen molar-refractivity contribution in [2.45, 2.75) is 25.9 Å². The number of nitrogens with one attached hydrogen (secondary N) is 2. The van der Waals surface area contributed by atoms with Gasteiger partial charge in [0.25, 0.3) is 6.43 Å². The van der Waals surface area contributed by atoms with E-state index in [9.17, 15) is 8.78 Å². The summed E-state index contributed by atoms with van der Waals surface area (Å²) in [7, 11) is 1.61. The fourth-order valence-corrected chi connectivity index (χ4v) is 1.09. The van der Waals surface area contributed by atoms with E-state index in [0.29, 0.717) is 6.61 Å². The molecule has 1 atom stereocenters. The van der Waals surface area contributed by atoms with Crippen LogP contribution in [0.1, 0.15) is 13.3 Å². The first-order valence-corrected chi connectivity index (χ1v) is 5.83. The third kappa shape index (κ3) is 5.16. The predicted octanol–water partition coefficient (Wildman–Crippen LogP) is 0.740. The highest BCUT2D eigenvalue weighted by molar-refractivity contribution is 5.35. The SMILES string of the molecule is CCCOc1nc(NC)nc(NCC(O)C(F)F)n1. The lowest BCUT2D eigenvalue weighted by atomic mass is 10.4. The number of ether oxygens (including phenoxy) is 1. The molecule has 0 saturated heterocycles. The highest BCUT2D eigenvalue weighted by Crippen LogP contribution is 2.11. The summed E-state index contributed by atoms with van der Waals surface area (Å²) in [6.45, 7) is 2.00. The van der Waals surface area contributed by atoms with Gasteiger partial charge in [0.2, 0.25) is 11.9 Å². The number of aromatic nitrogens is 3. The van der Waals surface area contributed by atoms with Crippen molar-refractivity contribution in [1.29, 1.82) is 0 Å². The average molecular weight is 277 g/mol. The zero-order chi connectivity index (χ0) is 14.3. The van der Waals surface area contributed by atoms with Gasteiger partial charge in [-0.15, -0.1) is 0 Å². The number of aliphatic hydroxyl groups excluding tert-OH is 1. The number of anilines is 2. The molecule has 0 saturated carbocycles. The average Bonchev–Trinajstić information content (AvgIpc) is 2.42. The highest BCUT2D eigenvalue weighted by atomic mass is 19.3. The molecular formula is C10H17F2N5O2. The van der Waals surface area contributed by atoms with E-state index < -0.39 is 12.5 Å². The molecule has 7 nitrogen and oxygen atoms in total. The molecule has 3 N–H and O–H groups in total. The lowest BCUT2D eigenvalue weighted by Crippen LogP contribution is -2.27. The van der Waals surface area contributed by atoms with E-state index in [0.717, 1.165) is 6.42 Å². The number of rotatable bonds is 8. The molecular weight excluding hydrogens is 260 g/mol. The summed E-state index contributed by atoms with van der Waals surface area (Å²) in [6, 6.07) is 0.0928. The van der Waals surface area contributed by atoms with Gasteiger partial charge >= 0.3 is 6.01 Å². The number of nitrogens with zero attached hydrogens (tertiary/aromatic N) is 3. The molecule has 0 spiro atoms. The summed E-state index contributed by atoms with van der Waals surface area (Å²) < 4.78 is 29.5. The zero-order valence-corrected chi connectivity index (χ0v) is 10.7. The van der Waals surface area contributed by atoms with Gasteiger partial charge in [-0.1, -0.05) is 6.92 Å². The fourth-order valence-electron chi connectivity index (χ4n) is 1.09. The molecule has 1 aromatic heterocycles. The largest absolute Gasteiger partial charge is 0.463 e. The summed E-state index contributed by atoms with van der Waals surface area (Å²) in [5.74, 6) is 0.306. The molecule has 0 fully saturated rings. The molecule has 1 aromatic rings. The van der Waals surface area contributed by atoms with Crippen molar-refractivity contribution in [3.63, 3.8) is 0 Å². The molecule has 9 heteroatoms. The fraction of sp³-hybridized carbons (Fsp3) is 0.700. The van der Waals surface area contributed by atoms with Gasteiger partial charge in [0, 0.05) is 13.6 Å². The molecule has 0 aliphatic rings. The minimum atomic E-state index is -2.83. The van der Waals surface area contributed by atoms with Gasteiger partial charge in [0.1, 0.15) is 6.10 Å². The molecule has 0 amide bonds. The number of hydrogen-bond acceptors (Lipinski definition) is 7. The molecule has 0 bridgehead atoms. The van der Waals surface area contributed by atoms with E-state index in [2.05, 4.69) is 25.6 Å². The highest BCUT2D eigenvalue weighted by Gasteiger charge is 2.17. The summed E-state index contributed by atoms with van der Waals surface area (Å²) in [5.41, 5.74) is 0. The number of aliphatic hydroxyl groups is 1. The third-order valence-corrected chi connectivity index (χ3v) is 2.03. The van der Waals surface area contributed by atoms with Crippen LogP contribution in [-0.2, 0) is 0 Å². The Hall–Kier alpha value is -1.77. The van der Waals surface area contributed by atoms with E-state index >= 15 is 0 Å². The van der Waals surface area contributed by atoms with Gasteiger partial charge in [-0.2, -0.15) is 15.0 Å². The van der Waals surface area contributed by atoms with E-state index in [1.807, 2.05) is 6.92 Å². The lowest BCUT2D eigenvalue weighted by Gasteiger charge is -2.12. The smallest absolute Gasteiger partial charge is 0.323 e. The van der Waals surface area contributed by atoms with Crippen LogP contribution in [-0.4, -0.2) is 52.8 Å². The molecule has 108 valence electrons. The summed E-state index contributed by atoms with van der Waals surface area (Å²) >= 11 is 0. The Morgan fingerprint density at radius 2 is 1.95 bits per heavy atom. The molecule has 0 aliphatic heterocycles. The monoisotopic (exact) mass is 277 g/mol. The number of halogens is 2. The van der Waals surface area contributed by atoms with E-state index in [-0.39, 0.29) is 24.5 Å². The molecule has 0 radical (unpaired) electrons. The first-order chi connectivity index (χ1) is 9.06. The summed E-state index contributed by atoms with van der Waals surface area (Å²) in [6.07, 6.45) is -3.82. The van der Waals surface area contributed by atoms with Crippen molar-refractivity contribution in [3.8, 4) is 6.01 Å². The van der Waals surface area contributed by atoms with E-state index in [1.165, 1.54) is 0 Å². The normalized spacial score (nSPS) is 12.3. The van der Waals surface area contributed by atoms with Crippen LogP contribution in [0.4, 0.5) is 20.7 Å². The maximum Gasteiger partial charge on any atom is 0.323 e. The van der Waals surface area contributed by atoms with Crippen LogP contribution in [0.25, 0.3) is 0 Å². The van der Waals surface area contributed by atoms with Crippen LogP contribution < -0.4 is 15.4 Å². The maximum absolute atomic E-state index is 12.1. The Bertz CT molecular complexity index is 394. The van der Waals surface area contributed by atoms with Crippen LogP contribution in [0.2, 0.25) is 0 Å². The first kappa shape index (κ1) is 15.3. The second-order valence-corrected chi connectivity index (χ2v) is 3.65.